The summed E-state index contributed by atoms with van der Waals surface area (Å²) in [4.78, 5) is 0. The molecule has 20 heavy (non-hydrogen) atoms. The van der Waals surface area contributed by atoms with E-state index in [0.717, 1.165) is 5.56 Å². The molecule has 0 aliphatic carbocycles. The molecule has 2 aromatic carbocycles. The third-order valence-electron chi connectivity index (χ3n) is 2.77. The fourth-order valence-corrected chi connectivity index (χ4v) is 1.98. The molecule has 104 valence electrons. The number of benzene rings is 2. The van der Waals surface area contributed by atoms with Crippen LogP contribution in [0.25, 0.3) is 0 Å². The summed E-state index contributed by atoms with van der Waals surface area (Å²) in [5, 5.41) is 19.2. The van der Waals surface area contributed by atoms with E-state index in [1.165, 1.54) is 7.11 Å². The van der Waals surface area contributed by atoms with E-state index in [-0.39, 0.29) is 0 Å². The molecular formula is C14H14BClO4. The first-order valence-corrected chi connectivity index (χ1v) is 6.39. The highest BCUT2D eigenvalue weighted by atomic mass is 35.5. The molecule has 2 rings (SSSR count). The molecule has 0 saturated carbocycles. The first-order chi connectivity index (χ1) is 9.60. The van der Waals surface area contributed by atoms with Crippen LogP contribution < -0.4 is 14.9 Å². The second-order valence-corrected chi connectivity index (χ2v) is 4.63. The van der Waals surface area contributed by atoms with Crippen LogP contribution >= 0.6 is 11.6 Å². The van der Waals surface area contributed by atoms with Crippen molar-refractivity contribution in [3.8, 4) is 11.5 Å². The highest BCUT2D eigenvalue weighted by molar-refractivity contribution is 6.59. The summed E-state index contributed by atoms with van der Waals surface area (Å²) < 4.78 is 10.7. The first-order valence-electron chi connectivity index (χ1n) is 6.01. The van der Waals surface area contributed by atoms with Crippen molar-refractivity contribution in [2.45, 2.75) is 6.61 Å². The Morgan fingerprint density at radius 1 is 1.15 bits per heavy atom. The molecule has 0 fully saturated rings. The normalized spacial score (nSPS) is 10.2. The van der Waals surface area contributed by atoms with Crippen LogP contribution in [0.4, 0.5) is 0 Å². The minimum absolute atomic E-state index is 0.296. The Kier molecular flexibility index (Phi) is 4.90. The van der Waals surface area contributed by atoms with Crippen LogP contribution in [-0.2, 0) is 6.61 Å². The predicted octanol–water partition coefficient (Wildman–Crippen LogP) is 1.61. The molecule has 6 heteroatoms. The molecule has 0 aliphatic rings. The largest absolute Gasteiger partial charge is 0.497 e. The monoisotopic (exact) mass is 292 g/mol. The standard InChI is InChI=1S/C14H14BClO4/c1-19-14-6-5-10(7-13(14)15(17)18)9-20-12-4-2-3-11(16)8-12/h2-8,17-18H,9H2,1H3. The lowest BCUT2D eigenvalue weighted by molar-refractivity contribution is 0.306. The van der Waals surface area contributed by atoms with Crippen molar-refractivity contribution in [3.63, 3.8) is 0 Å². The number of halogens is 1. The number of methoxy groups -OCH3 is 1. The van der Waals surface area contributed by atoms with Crippen molar-refractivity contribution in [1.29, 1.82) is 0 Å². The minimum Gasteiger partial charge on any atom is -0.497 e. The third kappa shape index (κ3) is 3.66. The summed E-state index contributed by atoms with van der Waals surface area (Å²) in [5.41, 5.74) is 1.11. The maximum absolute atomic E-state index is 9.30. The smallest absolute Gasteiger partial charge is 0.492 e. The molecule has 0 unspecified atom stereocenters. The Morgan fingerprint density at radius 3 is 2.60 bits per heavy atom. The second-order valence-electron chi connectivity index (χ2n) is 4.20. The van der Waals surface area contributed by atoms with Gasteiger partial charge in [-0.1, -0.05) is 29.8 Å². The van der Waals surface area contributed by atoms with Crippen LogP contribution in [0.3, 0.4) is 0 Å². The van der Waals surface area contributed by atoms with E-state index >= 15 is 0 Å². The van der Waals surface area contributed by atoms with Crippen LogP contribution in [0.1, 0.15) is 5.56 Å². The quantitative estimate of drug-likeness (QED) is 0.822. The minimum atomic E-state index is -1.59. The van der Waals surface area contributed by atoms with E-state index in [2.05, 4.69) is 0 Å². The molecule has 2 aromatic rings. The van der Waals surface area contributed by atoms with Gasteiger partial charge in [0, 0.05) is 10.5 Å². The van der Waals surface area contributed by atoms with E-state index in [1.807, 2.05) is 0 Å². The molecule has 0 saturated heterocycles. The Morgan fingerprint density at radius 2 is 1.95 bits per heavy atom. The second kappa shape index (κ2) is 6.66. The molecular weight excluding hydrogens is 278 g/mol. The first kappa shape index (κ1) is 14.7. The highest BCUT2D eigenvalue weighted by Crippen LogP contribution is 2.19. The van der Waals surface area contributed by atoms with Gasteiger partial charge in [0.05, 0.1) is 7.11 Å². The van der Waals surface area contributed by atoms with Crippen molar-refractivity contribution >= 4 is 24.2 Å². The van der Waals surface area contributed by atoms with Crippen LogP contribution in [-0.4, -0.2) is 24.3 Å². The van der Waals surface area contributed by atoms with Gasteiger partial charge in [0.15, 0.2) is 0 Å². The molecule has 0 atom stereocenters. The van der Waals surface area contributed by atoms with Gasteiger partial charge in [0.1, 0.15) is 18.1 Å². The summed E-state index contributed by atoms with van der Waals surface area (Å²) in [6.45, 7) is 0.296. The van der Waals surface area contributed by atoms with Gasteiger partial charge in [-0.05, 0) is 29.8 Å². The van der Waals surface area contributed by atoms with E-state index in [9.17, 15) is 10.0 Å². The van der Waals surface area contributed by atoms with Gasteiger partial charge in [-0.25, -0.2) is 0 Å². The fourth-order valence-electron chi connectivity index (χ4n) is 1.80. The Balaban J connectivity index is 2.12. The lowest BCUT2D eigenvalue weighted by Crippen LogP contribution is -2.31. The Hall–Kier alpha value is -1.69. The van der Waals surface area contributed by atoms with Gasteiger partial charge in [0.2, 0.25) is 0 Å². The zero-order valence-corrected chi connectivity index (χ0v) is 11.7. The number of ether oxygens (including phenoxy) is 2. The van der Waals surface area contributed by atoms with Crippen molar-refractivity contribution in [2.75, 3.05) is 7.11 Å². The highest BCUT2D eigenvalue weighted by Gasteiger charge is 2.17. The predicted molar refractivity (Wildman–Crippen MR) is 78.6 cm³/mol. The summed E-state index contributed by atoms with van der Waals surface area (Å²) in [6.07, 6.45) is 0. The Labute approximate surface area is 122 Å². The molecule has 0 heterocycles. The van der Waals surface area contributed by atoms with Crippen molar-refractivity contribution < 1.29 is 19.5 Å². The van der Waals surface area contributed by atoms with Crippen LogP contribution in [0.5, 0.6) is 11.5 Å². The Bertz CT molecular complexity index is 589. The molecule has 4 nitrogen and oxygen atoms in total. The molecule has 0 bridgehead atoms. The number of hydrogen-bond acceptors (Lipinski definition) is 4. The third-order valence-corrected chi connectivity index (χ3v) is 3.01. The molecule has 2 N–H and O–H groups in total. The molecule has 0 aromatic heterocycles. The maximum Gasteiger partial charge on any atom is 0.492 e. The van der Waals surface area contributed by atoms with Gasteiger partial charge in [-0.3, -0.25) is 0 Å². The summed E-state index contributed by atoms with van der Waals surface area (Å²) >= 11 is 5.87. The molecule has 0 aliphatic heterocycles. The SMILES string of the molecule is COc1ccc(COc2cccc(Cl)c2)cc1B(O)O. The summed E-state index contributed by atoms with van der Waals surface area (Å²) in [7, 11) is -0.111. The van der Waals surface area contributed by atoms with Crippen molar-refractivity contribution in [1.82, 2.24) is 0 Å². The zero-order chi connectivity index (χ0) is 14.5. The van der Waals surface area contributed by atoms with E-state index in [0.29, 0.717) is 28.6 Å². The van der Waals surface area contributed by atoms with E-state index in [4.69, 9.17) is 21.1 Å². The van der Waals surface area contributed by atoms with Crippen LogP contribution in [0, 0.1) is 0 Å². The number of rotatable bonds is 5. The fraction of sp³-hybridized carbons (Fsp3) is 0.143. The van der Waals surface area contributed by atoms with Crippen LogP contribution in [0.2, 0.25) is 5.02 Å². The maximum atomic E-state index is 9.30. The summed E-state index contributed by atoms with van der Waals surface area (Å²) in [6, 6.07) is 12.2. The van der Waals surface area contributed by atoms with Crippen molar-refractivity contribution in [3.05, 3.63) is 53.1 Å². The average Bonchev–Trinajstić information content (AvgIpc) is 2.45. The van der Waals surface area contributed by atoms with Crippen LogP contribution in [0.15, 0.2) is 42.5 Å². The van der Waals surface area contributed by atoms with Crippen molar-refractivity contribution in [2.24, 2.45) is 0 Å². The molecule has 0 spiro atoms. The van der Waals surface area contributed by atoms with Gasteiger partial charge >= 0.3 is 7.12 Å². The van der Waals surface area contributed by atoms with Gasteiger partial charge < -0.3 is 19.5 Å². The molecule has 0 radical (unpaired) electrons. The number of hydrogen-bond donors (Lipinski definition) is 2. The van der Waals surface area contributed by atoms with Gasteiger partial charge in [-0.15, -0.1) is 0 Å². The summed E-state index contributed by atoms with van der Waals surface area (Å²) in [5.74, 6) is 1.07. The van der Waals surface area contributed by atoms with E-state index < -0.39 is 7.12 Å². The molecule has 0 amide bonds. The topological polar surface area (TPSA) is 58.9 Å². The lowest BCUT2D eigenvalue weighted by Gasteiger charge is -2.11. The van der Waals surface area contributed by atoms with Gasteiger partial charge in [0.25, 0.3) is 0 Å². The average molecular weight is 293 g/mol. The van der Waals surface area contributed by atoms with Gasteiger partial charge in [-0.2, -0.15) is 0 Å². The zero-order valence-electron chi connectivity index (χ0n) is 10.9. The lowest BCUT2D eigenvalue weighted by atomic mass is 9.79. The van der Waals surface area contributed by atoms with E-state index in [1.54, 1.807) is 42.5 Å².